The van der Waals surface area contributed by atoms with Crippen molar-refractivity contribution >= 4 is 23.5 Å². The molecule has 1 saturated heterocycles. The highest BCUT2D eigenvalue weighted by Gasteiger charge is 2.35. The van der Waals surface area contributed by atoms with E-state index < -0.39 is 12.0 Å². The van der Waals surface area contributed by atoms with Crippen LogP contribution >= 0.6 is 0 Å². The molecule has 2 amide bonds. The molecule has 6 nitrogen and oxygen atoms in total. The lowest BCUT2D eigenvalue weighted by Crippen LogP contribution is -2.41. The van der Waals surface area contributed by atoms with Gasteiger partial charge in [-0.2, -0.15) is 0 Å². The first kappa shape index (κ1) is 15.0. The van der Waals surface area contributed by atoms with Crippen molar-refractivity contribution in [2.45, 2.75) is 25.8 Å². The monoisotopic (exact) mass is 290 g/mol. The van der Waals surface area contributed by atoms with Gasteiger partial charge in [0.05, 0.1) is 11.3 Å². The van der Waals surface area contributed by atoms with Crippen molar-refractivity contribution in [3.05, 3.63) is 29.8 Å². The van der Waals surface area contributed by atoms with Gasteiger partial charge in [-0.1, -0.05) is 12.1 Å². The number of hydrogen-bond acceptors (Lipinski definition) is 3. The zero-order valence-corrected chi connectivity index (χ0v) is 12.1. The second-order valence-electron chi connectivity index (χ2n) is 5.09. The predicted octanol–water partition coefficient (Wildman–Crippen LogP) is 1.36. The number of hydrogen-bond donors (Lipinski definition) is 1. The molecule has 1 aromatic rings. The van der Waals surface area contributed by atoms with E-state index in [1.165, 1.54) is 16.7 Å². The van der Waals surface area contributed by atoms with Gasteiger partial charge < -0.3 is 14.9 Å². The average Bonchev–Trinajstić information content (AvgIpc) is 2.95. The van der Waals surface area contributed by atoms with Crippen LogP contribution in [-0.2, 0) is 9.59 Å². The molecule has 0 spiro atoms. The zero-order valence-electron chi connectivity index (χ0n) is 12.1. The fraction of sp³-hybridized carbons (Fsp3) is 0.400. The molecule has 0 bridgehead atoms. The molecule has 0 radical (unpaired) electrons. The minimum absolute atomic E-state index is 0.188. The number of carboxylic acids is 1. The van der Waals surface area contributed by atoms with E-state index in [0.29, 0.717) is 30.6 Å². The Kier molecular flexibility index (Phi) is 4.26. The van der Waals surface area contributed by atoms with Crippen molar-refractivity contribution in [2.75, 3.05) is 18.5 Å². The highest BCUT2D eigenvalue weighted by molar-refractivity contribution is 6.05. The molecule has 2 rings (SSSR count). The molecule has 112 valence electrons. The largest absolute Gasteiger partial charge is 0.480 e. The third kappa shape index (κ3) is 2.89. The summed E-state index contributed by atoms with van der Waals surface area (Å²) >= 11 is 0. The van der Waals surface area contributed by atoms with Gasteiger partial charge in [-0.3, -0.25) is 9.59 Å². The smallest absolute Gasteiger partial charge is 0.326 e. The van der Waals surface area contributed by atoms with Crippen LogP contribution in [0.15, 0.2) is 24.3 Å². The molecular formula is C15H18N2O4. The highest BCUT2D eigenvalue weighted by atomic mass is 16.4. The fourth-order valence-corrected chi connectivity index (χ4v) is 2.54. The first-order chi connectivity index (χ1) is 9.93. The number of anilines is 1. The Hall–Kier alpha value is -2.37. The van der Waals surface area contributed by atoms with Crippen molar-refractivity contribution in [1.82, 2.24) is 4.90 Å². The first-order valence-electron chi connectivity index (χ1n) is 6.80. The SMILES string of the molecule is CC(=O)N(C)c1ccccc1C(=O)N1CCC[C@@H]1C(=O)O. The van der Waals surface area contributed by atoms with Gasteiger partial charge in [0.15, 0.2) is 0 Å². The zero-order chi connectivity index (χ0) is 15.6. The van der Waals surface area contributed by atoms with Crippen LogP contribution in [0.2, 0.25) is 0 Å². The minimum Gasteiger partial charge on any atom is -0.480 e. The number of benzene rings is 1. The molecule has 0 unspecified atom stereocenters. The van der Waals surface area contributed by atoms with Gasteiger partial charge >= 0.3 is 5.97 Å². The molecule has 1 fully saturated rings. The Balaban J connectivity index is 2.36. The van der Waals surface area contributed by atoms with Crippen molar-refractivity contribution in [1.29, 1.82) is 0 Å². The number of likely N-dealkylation sites (tertiary alicyclic amines) is 1. The maximum atomic E-state index is 12.6. The number of carbonyl (C=O) groups excluding carboxylic acids is 2. The topological polar surface area (TPSA) is 77.9 Å². The molecule has 0 aromatic heterocycles. The Morgan fingerprint density at radius 2 is 1.95 bits per heavy atom. The van der Waals surface area contributed by atoms with Crippen LogP contribution in [0.5, 0.6) is 0 Å². The summed E-state index contributed by atoms with van der Waals surface area (Å²) in [5, 5.41) is 9.19. The summed E-state index contributed by atoms with van der Waals surface area (Å²) in [5.74, 6) is -1.52. The van der Waals surface area contributed by atoms with Gasteiger partial charge in [0.1, 0.15) is 6.04 Å². The molecule has 1 aromatic carbocycles. The second-order valence-corrected chi connectivity index (χ2v) is 5.09. The number of nitrogens with zero attached hydrogens (tertiary/aromatic N) is 2. The molecule has 1 aliphatic heterocycles. The number of carbonyl (C=O) groups is 3. The lowest BCUT2D eigenvalue weighted by atomic mass is 10.1. The number of amides is 2. The third-order valence-electron chi connectivity index (χ3n) is 3.77. The van der Waals surface area contributed by atoms with E-state index in [4.69, 9.17) is 0 Å². The van der Waals surface area contributed by atoms with Crippen LogP contribution in [0.4, 0.5) is 5.69 Å². The second kappa shape index (κ2) is 5.95. The van der Waals surface area contributed by atoms with Crippen molar-refractivity contribution in [2.24, 2.45) is 0 Å². The quantitative estimate of drug-likeness (QED) is 0.911. The lowest BCUT2D eigenvalue weighted by molar-refractivity contribution is -0.141. The average molecular weight is 290 g/mol. The van der Waals surface area contributed by atoms with E-state index in [1.54, 1.807) is 31.3 Å². The molecular weight excluding hydrogens is 272 g/mol. The summed E-state index contributed by atoms with van der Waals surface area (Å²) in [5.41, 5.74) is 0.842. The van der Waals surface area contributed by atoms with Gasteiger partial charge in [0.25, 0.3) is 5.91 Å². The van der Waals surface area contributed by atoms with Gasteiger partial charge in [0.2, 0.25) is 5.91 Å². The number of aliphatic carboxylic acids is 1. The van der Waals surface area contributed by atoms with Gasteiger partial charge in [-0.05, 0) is 25.0 Å². The van der Waals surface area contributed by atoms with Crippen LogP contribution in [0.3, 0.4) is 0 Å². The molecule has 1 atom stereocenters. The van der Waals surface area contributed by atoms with Crippen LogP contribution in [-0.4, -0.2) is 47.4 Å². The van der Waals surface area contributed by atoms with E-state index in [9.17, 15) is 19.5 Å². The number of para-hydroxylation sites is 1. The van der Waals surface area contributed by atoms with E-state index >= 15 is 0 Å². The maximum absolute atomic E-state index is 12.6. The van der Waals surface area contributed by atoms with E-state index in [2.05, 4.69) is 0 Å². The molecule has 0 saturated carbocycles. The van der Waals surface area contributed by atoms with Crippen LogP contribution in [0.25, 0.3) is 0 Å². The van der Waals surface area contributed by atoms with Crippen LogP contribution in [0.1, 0.15) is 30.1 Å². The summed E-state index contributed by atoms with van der Waals surface area (Å²) in [6, 6.07) is 5.96. The van der Waals surface area contributed by atoms with Crippen LogP contribution < -0.4 is 4.90 Å². The van der Waals surface area contributed by atoms with Crippen molar-refractivity contribution < 1.29 is 19.5 Å². The van der Waals surface area contributed by atoms with E-state index in [-0.39, 0.29) is 11.8 Å². The molecule has 1 N–H and O–H groups in total. The van der Waals surface area contributed by atoms with Gasteiger partial charge in [-0.25, -0.2) is 4.79 Å². The van der Waals surface area contributed by atoms with Crippen molar-refractivity contribution in [3.8, 4) is 0 Å². The fourth-order valence-electron chi connectivity index (χ4n) is 2.54. The number of carboxylic acid groups (broad SMARTS) is 1. The molecule has 1 heterocycles. The summed E-state index contributed by atoms with van der Waals surface area (Å²) in [4.78, 5) is 38.1. The highest BCUT2D eigenvalue weighted by Crippen LogP contribution is 2.25. The molecule has 21 heavy (non-hydrogen) atoms. The Labute approximate surface area is 123 Å². The van der Waals surface area contributed by atoms with Gasteiger partial charge in [-0.15, -0.1) is 0 Å². The van der Waals surface area contributed by atoms with Gasteiger partial charge in [0, 0.05) is 20.5 Å². The molecule has 1 aliphatic rings. The Morgan fingerprint density at radius 3 is 2.57 bits per heavy atom. The summed E-state index contributed by atoms with van der Waals surface area (Å²) < 4.78 is 0. The molecule has 6 heteroatoms. The normalized spacial score (nSPS) is 17.6. The summed E-state index contributed by atoms with van der Waals surface area (Å²) in [6.07, 6.45) is 1.14. The summed E-state index contributed by atoms with van der Waals surface area (Å²) in [7, 11) is 1.59. The van der Waals surface area contributed by atoms with E-state index in [1.807, 2.05) is 0 Å². The molecule has 0 aliphatic carbocycles. The van der Waals surface area contributed by atoms with E-state index in [0.717, 1.165) is 0 Å². The standard InChI is InChI=1S/C15H18N2O4/c1-10(18)16(2)12-7-4-3-6-11(12)14(19)17-9-5-8-13(17)15(20)21/h3-4,6-7,13H,5,8-9H2,1-2H3,(H,20,21)/t13-/m1/s1. The predicted molar refractivity (Wildman–Crippen MR) is 77.2 cm³/mol. The Morgan fingerprint density at radius 1 is 1.29 bits per heavy atom. The number of rotatable bonds is 3. The Bertz CT molecular complexity index is 585. The maximum Gasteiger partial charge on any atom is 0.326 e. The first-order valence-corrected chi connectivity index (χ1v) is 6.80. The van der Waals surface area contributed by atoms with Crippen LogP contribution in [0, 0.1) is 0 Å². The summed E-state index contributed by atoms with van der Waals surface area (Å²) in [6.45, 7) is 1.84. The van der Waals surface area contributed by atoms with Crippen molar-refractivity contribution in [3.63, 3.8) is 0 Å². The minimum atomic E-state index is -0.988. The third-order valence-corrected chi connectivity index (χ3v) is 3.77. The lowest BCUT2D eigenvalue weighted by Gasteiger charge is -2.25.